The van der Waals surface area contributed by atoms with Gasteiger partial charge in [0, 0.05) is 24.0 Å². The first-order valence-corrected chi connectivity index (χ1v) is 6.79. The van der Waals surface area contributed by atoms with Crippen molar-refractivity contribution in [1.82, 2.24) is 0 Å². The van der Waals surface area contributed by atoms with Crippen LogP contribution in [0.3, 0.4) is 0 Å². The molecule has 1 fully saturated rings. The predicted octanol–water partition coefficient (Wildman–Crippen LogP) is 2.74. The number of hydrogen-bond acceptors (Lipinski definition) is 4. The zero-order valence-corrected chi connectivity index (χ0v) is 11.9. The highest BCUT2D eigenvalue weighted by Crippen LogP contribution is 2.30. The third-order valence-electron chi connectivity index (χ3n) is 3.91. The van der Waals surface area contributed by atoms with Gasteiger partial charge in [-0.2, -0.15) is 0 Å². The molecule has 1 unspecified atom stereocenters. The van der Waals surface area contributed by atoms with Crippen molar-refractivity contribution >= 4 is 17.3 Å². The van der Waals surface area contributed by atoms with E-state index in [4.69, 9.17) is 10.5 Å². The van der Waals surface area contributed by atoms with Gasteiger partial charge in [-0.05, 0) is 50.8 Å². The molecule has 1 aliphatic rings. The van der Waals surface area contributed by atoms with Crippen LogP contribution < -0.4 is 10.6 Å². The number of ether oxygens (including phenoxy) is 1. The standard InChI is InChI=1S/C15H22N2O2/c1-10-8-12(17-7-5-4-6-11(17)2)9-13(14(10)16)15(18)19-3/h8-9,11H,4-7,16H2,1-3H3. The number of nitrogens with two attached hydrogens (primary N) is 1. The third kappa shape index (κ3) is 2.67. The minimum absolute atomic E-state index is 0.368. The quantitative estimate of drug-likeness (QED) is 0.657. The van der Waals surface area contributed by atoms with Gasteiger partial charge in [0.05, 0.1) is 12.7 Å². The van der Waals surface area contributed by atoms with Crippen LogP contribution >= 0.6 is 0 Å². The van der Waals surface area contributed by atoms with Crippen LogP contribution in [0.2, 0.25) is 0 Å². The van der Waals surface area contributed by atoms with Gasteiger partial charge in [0.2, 0.25) is 0 Å². The summed E-state index contributed by atoms with van der Waals surface area (Å²) < 4.78 is 4.80. The molecule has 0 bridgehead atoms. The number of nitrogens with zero attached hydrogens (tertiary/aromatic N) is 1. The first kappa shape index (κ1) is 13.7. The first-order valence-electron chi connectivity index (χ1n) is 6.79. The molecule has 0 spiro atoms. The summed E-state index contributed by atoms with van der Waals surface area (Å²) in [6.45, 7) is 5.19. The van der Waals surface area contributed by atoms with Gasteiger partial charge < -0.3 is 15.4 Å². The lowest BCUT2D eigenvalue weighted by atomic mass is 10.0. The van der Waals surface area contributed by atoms with E-state index in [-0.39, 0.29) is 5.97 Å². The molecule has 4 heteroatoms. The van der Waals surface area contributed by atoms with Gasteiger partial charge in [-0.25, -0.2) is 4.79 Å². The van der Waals surface area contributed by atoms with E-state index in [0.717, 1.165) is 17.8 Å². The van der Waals surface area contributed by atoms with Crippen molar-refractivity contribution in [1.29, 1.82) is 0 Å². The summed E-state index contributed by atoms with van der Waals surface area (Å²) in [4.78, 5) is 14.1. The molecule has 1 atom stereocenters. The molecule has 0 aliphatic carbocycles. The van der Waals surface area contributed by atoms with Gasteiger partial charge in [0.15, 0.2) is 0 Å². The average molecular weight is 262 g/mol. The number of rotatable bonds is 2. The summed E-state index contributed by atoms with van der Waals surface area (Å²) in [5.41, 5.74) is 8.95. The molecule has 1 saturated heterocycles. The van der Waals surface area contributed by atoms with Crippen molar-refractivity contribution in [3.05, 3.63) is 23.3 Å². The molecule has 19 heavy (non-hydrogen) atoms. The monoisotopic (exact) mass is 262 g/mol. The lowest BCUT2D eigenvalue weighted by molar-refractivity contribution is 0.0602. The summed E-state index contributed by atoms with van der Waals surface area (Å²) in [7, 11) is 1.38. The van der Waals surface area contributed by atoms with Gasteiger partial charge in [0.25, 0.3) is 0 Å². The summed E-state index contributed by atoms with van der Waals surface area (Å²) in [5.74, 6) is -0.368. The number of aryl methyl sites for hydroxylation is 1. The summed E-state index contributed by atoms with van der Waals surface area (Å²) in [5, 5.41) is 0. The normalized spacial score (nSPS) is 19.3. The van der Waals surface area contributed by atoms with E-state index in [1.165, 1.54) is 26.4 Å². The van der Waals surface area contributed by atoms with E-state index in [0.29, 0.717) is 17.3 Å². The summed E-state index contributed by atoms with van der Waals surface area (Å²) >= 11 is 0. The lowest BCUT2D eigenvalue weighted by Gasteiger charge is -2.36. The van der Waals surface area contributed by atoms with E-state index in [2.05, 4.69) is 17.9 Å². The van der Waals surface area contributed by atoms with E-state index < -0.39 is 0 Å². The van der Waals surface area contributed by atoms with Gasteiger partial charge in [-0.1, -0.05) is 0 Å². The molecule has 0 amide bonds. The highest BCUT2D eigenvalue weighted by molar-refractivity contribution is 5.97. The number of esters is 1. The Bertz CT molecular complexity index is 485. The number of hydrogen-bond donors (Lipinski definition) is 1. The molecule has 1 aliphatic heterocycles. The SMILES string of the molecule is COC(=O)c1cc(N2CCCCC2C)cc(C)c1N. The predicted molar refractivity (Wildman–Crippen MR) is 77.6 cm³/mol. The molecular formula is C15H22N2O2. The van der Waals surface area contributed by atoms with Gasteiger partial charge in [-0.15, -0.1) is 0 Å². The highest BCUT2D eigenvalue weighted by atomic mass is 16.5. The number of methoxy groups -OCH3 is 1. The number of nitrogen functional groups attached to an aromatic ring is 1. The average Bonchev–Trinajstić information content (AvgIpc) is 2.41. The second kappa shape index (κ2) is 5.51. The maximum absolute atomic E-state index is 11.8. The molecular weight excluding hydrogens is 240 g/mol. The van der Waals surface area contributed by atoms with Crippen LogP contribution in [-0.4, -0.2) is 25.7 Å². The lowest BCUT2D eigenvalue weighted by Crippen LogP contribution is -2.37. The topological polar surface area (TPSA) is 55.6 Å². The largest absolute Gasteiger partial charge is 0.465 e. The van der Waals surface area contributed by atoms with Crippen LogP contribution in [0.5, 0.6) is 0 Å². The number of carbonyl (C=O) groups is 1. The highest BCUT2D eigenvalue weighted by Gasteiger charge is 2.21. The Kier molecular flexibility index (Phi) is 3.98. The van der Waals surface area contributed by atoms with E-state index in [1.807, 2.05) is 13.0 Å². The van der Waals surface area contributed by atoms with Crippen LogP contribution in [0.4, 0.5) is 11.4 Å². The Balaban J connectivity index is 2.41. The molecule has 1 aromatic rings. The minimum atomic E-state index is -0.368. The van der Waals surface area contributed by atoms with Crippen molar-refractivity contribution < 1.29 is 9.53 Å². The zero-order valence-electron chi connectivity index (χ0n) is 11.9. The fraction of sp³-hybridized carbons (Fsp3) is 0.533. The Hall–Kier alpha value is -1.71. The van der Waals surface area contributed by atoms with Crippen molar-refractivity contribution in [3.63, 3.8) is 0 Å². The molecule has 0 aromatic heterocycles. The van der Waals surface area contributed by atoms with Crippen LogP contribution in [0.1, 0.15) is 42.1 Å². The van der Waals surface area contributed by atoms with Gasteiger partial charge in [0.1, 0.15) is 0 Å². The fourth-order valence-corrected chi connectivity index (χ4v) is 2.71. The first-order chi connectivity index (χ1) is 9.04. The number of carbonyl (C=O) groups excluding carboxylic acids is 1. The van der Waals surface area contributed by atoms with Crippen LogP contribution in [0.25, 0.3) is 0 Å². The van der Waals surface area contributed by atoms with Gasteiger partial charge in [-0.3, -0.25) is 0 Å². The molecule has 0 radical (unpaired) electrons. The van der Waals surface area contributed by atoms with E-state index in [9.17, 15) is 4.79 Å². The summed E-state index contributed by atoms with van der Waals surface area (Å²) in [6.07, 6.45) is 3.66. The molecule has 2 N–H and O–H groups in total. The molecule has 1 heterocycles. The van der Waals surface area contributed by atoms with Crippen LogP contribution in [-0.2, 0) is 4.74 Å². The number of piperidine rings is 1. The molecule has 2 rings (SSSR count). The Morgan fingerprint density at radius 2 is 2.16 bits per heavy atom. The van der Waals surface area contributed by atoms with Crippen molar-refractivity contribution in [2.75, 3.05) is 24.3 Å². The van der Waals surface area contributed by atoms with Crippen molar-refractivity contribution in [2.45, 2.75) is 39.2 Å². The molecule has 1 aromatic carbocycles. The Labute approximate surface area is 114 Å². The second-order valence-electron chi connectivity index (χ2n) is 5.25. The third-order valence-corrected chi connectivity index (χ3v) is 3.91. The second-order valence-corrected chi connectivity index (χ2v) is 5.25. The van der Waals surface area contributed by atoms with Crippen LogP contribution in [0.15, 0.2) is 12.1 Å². The van der Waals surface area contributed by atoms with Crippen molar-refractivity contribution in [3.8, 4) is 0 Å². The Morgan fingerprint density at radius 3 is 2.79 bits per heavy atom. The maximum atomic E-state index is 11.8. The minimum Gasteiger partial charge on any atom is -0.465 e. The molecule has 4 nitrogen and oxygen atoms in total. The number of benzene rings is 1. The Morgan fingerprint density at radius 1 is 1.42 bits per heavy atom. The number of anilines is 2. The maximum Gasteiger partial charge on any atom is 0.340 e. The van der Waals surface area contributed by atoms with Gasteiger partial charge >= 0.3 is 5.97 Å². The summed E-state index contributed by atoms with van der Waals surface area (Å²) in [6, 6.07) is 4.42. The zero-order chi connectivity index (χ0) is 14.0. The van der Waals surface area contributed by atoms with E-state index in [1.54, 1.807) is 0 Å². The molecule has 0 saturated carbocycles. The van der Waals surface area contributed by atoms with Crippen LogP contribution in [0, 0.1) is 6.92 Å². The molecule has 104 valence electrons. The van der Waals surface area contributed by atoms with Crippen molar-refractivity contribution in [2.24, 2.45) is 0 Å². The van der Waals surface area contributed by atoms with E-state index >= 15 is 0 Å². The fourth-order valence-electron chi connectivity index (χ4n) is 2.71. The smallest absolute Gasteiger partial charge is 0.340 e.